The zero-order valence-corrected chi connectivity index (χ0v) is 25.4. The number of rotatable bonds is 6. The van der Waals surface area contributed by atoms with Gasteiger partial charge >= 0.3 is 0 Å². The van der Waals surface area contributed by atoms with Crippen LogP contribution in [0.4, 0.5) is 0 Å². The molecular weight excluding hydrogens is 595 g/mol. The van der Waals surface area contributed by atoms with Gasteiger partial charge in [-0.2, -0.15) is 0 Å². The van der Waals surface area contributed by atoms with Crippen molar-refractivity contribution < 1.29 is 12.3 Å². The van der Waals surface area contributed by atoms with E-state index in [1.807, 2.05) is 54.6 Å². The van der Waals surface area contributed by atoms with E-state index < -0.39 is 38.0 Å². The van der Waals surface area contributed by atoms with Crippen LogP contribution in [-0.2, 0) is 0 Å². The summed E-state index contributed by atoms with van der Waals surface area (Å²) in [4.78, 5) is 5.72. The van der Waals surface area contributed by atoms with E-state index in [2.05, 4.69) is 16.8 Å². The van der Waals surface area contributed by atoms with Crippen LogP contribution in [0.2, 0.25) is 10.0 Å². The van der Waals surface area contributed by atoms with Gasteiger partial charge in [0.15, 0.2) is 0 Å². The molecule has 0 amide bonds. The number of hydrogen-bond donors (Lipinski definition) is 0. The Kier molecular flexibility index (Phi) is 11.2. The highest BCUT2D eigenvalue weighted by Crippen LogP contribution is 2.31. The predicted octanol–water partition coefficient (Wildman–Crippen LogP) is 9.26. The number of nitrogens with zero attached hydrogens (tertiary/aromatic N) is 4. The molecule has 0 N–H and O–H groups in total. The highest BCUT2D eigenvalue weighted by atomic mass is 35.5. The van der Waals surface area contributed by atoms with Crippen LogP contribution >= 0.6 is 23.2 Å². The molecule has 2 saturated heterocycles. The van der Waals surface area contributed by atoms with E-state index in [9.17, 15) is 1.37 Å². The maximum atomic E-state index is 9.30. The van der Waals surface area contributed by atoms with Gasteiger partial charge in [-0.15, -0.1) is 0 Å². The molecule has 0 aliphatic carbocycles. The van der Waals surface area contributed by atoms with Crippen LogP contribution in [0.5, 0.6) is 0 Å². The van der Waals surface area contributed by atoms with Crippen molar-refractivity contribution in [1.29, 1.82) is 0 Å². The summed E-state index contributed by atoms with van der Waals surface area (Å²) in [5.41, 5.74) is 2.93. The number of likely N-dealkylation sites (N-methyl/N-ethyl adjacent to an activating group) is 2. The van der Waals surface area contributed by atoms with E-state index in [1.54, 1.807) is 54.6 Å². The first-order valence-electron chi connectivity index (χ1n) is 18.5. The lowest BCUT2D eigenvalue weighted by Crippen LogP contribution is -2.46. The zero-order valence-electron chi connectivity index (χ0n) is 32.8. The van der Waals surface area contributed by atoms with Gasteiger partial charge in [0, 0.05) is 73.2 Å². The number of hydrogen-bond acceptors (Lipinski definition) is 4. The molecule has 0 radical (unpaired) electrons. The molecule has 2 unspecified atom stereocenters. The first-order valence-corrected chi connectivity index (χ1v) is 14.7. The van der Waals surface area contributed by atoms with Crippen molar-refractivity contribution in [3.63, 3.8) is 0 Å². The smallest absolute Gasteiger partial charge is 0.0602 e. The van der Waals surface area contributed by atoms with Crippen LogP contribution in [0.3, 0.4) is 0 Å². The van der Waals surface area contributed by atoms with Gasteiger partial charge < -0.3 is 9.80 Å². The molecule has 6 heteroatoms. The Hall–Kier alpha value is -2.70. The predicted molar refractivity (Wildman–Crippen MR) is 198 cm³/mol. The van der Waals surface area contributed by atoms with Crippen molar-refractivity contribution >= 4 is 23.2 Å². The van der Waals surface area contributed by atoms with Crippen molar-refractivity contribution in [3.05, 3.63) is 141 Å². The monoisotopic (exact) mass is 657 g/mol. The summed E-state index contributed by atoms with van der Waals surface area (Å²) in [6, 6.07) is 30.7. The molecule has 4 nitrogen and oxygen atoms in total. The summed E-state index contributed by atoms with van der Waals surface area (Å²) >= 11 is 12.0. The molecule has 0 bridgehead atoms. The van der Waals surface area contributed by atoms with Gasteiger partial charge in [0.25, 0.3) is 0 Å². The molecule has 6 rings (SSSR count). The third-order valence-electron chi connectivity index (χ3n) is 7.22. The second-order valence-corrected chi connectivity index (χ2v) is 11.1. The van der Waals surface area contributed by atoms with Gasteiger partial charge in [-0.1, -0.05) is 130 Å². The van der Waals surface area contributed by atoms with Gasteiger partial charge in [0.05, 0.1) is 13.4 Å². The molecular formula is C39H54Cl2N4. The van der Waals surface area contributed by atoms with Crippen molar-refractivity contribution in [3.8, 4) is 0 Å². The first-order chi connectivity index (χ1) is 23.9. The topological polar surface area (TPSA) is 13.0 Å². The van der Waals surface area contributed by atoms with Crippen molar-refractivity contribution in [2.45, 2.75) is 34.3 Å². The van der Waals surface area contributed by atoms with Gasteiger partial charge in [-0.3, -0.25) is 9.80 Å². The van der Waals surface area contributed by atoms with Crippen LogP contribution < -0.4 is 0 Å². The Morgan fingerprint density at radius 2 is 0.911 bits per heavy atom. The summed E-state index contributed by atoms with van der Waals surface area (Å²) < 4.78 is 76.7. The molecule has 2 aliphatic heterocycles. The molecule has 4 aromatic rings. The van der Waals surface area contributed by atoms with E-state index in [1.165, 1.54) is 0 Å². The fourth-order valence-electron chi connectivity index (χ4n) is 4.98. The lowest BCUT2D eigenvalue weighted by Gasteiger charge is -2.38. The average Bonchev–Trinajstić information content (AvgIpc) is 3.11. The molecule has 4 aromatic carbocycles. The molecule has 0 aromatic heterocycles. The molecule has 2 fully saturated rings. The molecule has 0 spiro atoms. The lowest BCUT2D eigenvalue weighted by molar-refractivity contribution is 0.127. The standard InChI is InChI=1S/2C18H21ClN2.3CH4/c2*1-20-11-13-21(14-12-20)18(15-5-3-2-4-6-15)16-7-9-17(19)10-8-16;;;/h2*2-10,18H,11-14H2,1H3;3*1H4/i11D2,12D2,13D2,14D2;18D;;;. The molecule has 2 atom stereocenters. The van der Waals surface area contributed by atoms with Crippen molar-refractivity contribution in [1.82, 2.24) is 19.6 Å². The quantitative estimate of drug-likeness (QED) is 0.205. The fraction of sp³-hybridized carbons (Fsp3) is 0.385. The maximum absolute atomic E-state index is 9.30. The van der Waals surface area contributed by atoms with Crippen LogP contribution in [0.1, 0.15) is 68.9 Å². The highest BCUT2D eigenvalue weighted by molar-refractivity contribution is 6.30. The summed E-state index contributed by atoms with van der Waals surface area (Å²) in [7, 11) is 3.18. The van der Waals surface area contributed by atoms with Crippen molar-refractivity contribution in [2.75, 3.05) is 66.3 Å². The van der Waals surface area contributed by atoms with Gasteiger partial charge in [-0.05, 0) is 60.6 Å². The molecule has 45 heavy (non-hydrogen) atoms. The Morgan fingerprint density at radius 1 is 0.511 bits per heavy atom. The summed E-state index contributed by atoms with van der Waals surface area (Å²) in [6.07, 6.45) is 0. The highest BCUT2D eigenvalue weighted by Gasteiger charge is 2.26. The van der Waals surface area contributed by atoms with Gasteiger partial charge in [0.1, 0.15) is 0 Å². The minimum absolute atomic E-state index is 0. The summed E-state index contributed by atoms with van der Waals surface area (Å²) in [5.74, 6) is 0. The summed E-state index contributed by atoms with van der Waals surface area (Å²) in [5, 5.41) is 1.15. The second kappa shape index (κ2) is 19.1. The van der Waals surface area contributed by atoms with E-state index in [4.69, 9.17) is 34.2 Å². The van der Waals surface area contributed by atoms with E-state index >= 15 is 0 Å². The number of benzene rings is 4. The first kappa shape index (κ1) is 26.4. The van der Waals surface area contributed by atoms with Gasteiger partial charge in [0.2, 0.25) is 0 Å². The van der Waals surface area contributed by atoms with Crippen molar-refractivity contribution in [2.24, 2.45) is 0 Å². The van der Waals surface area contributed by atoms with E-state index in [-0.39, 0.29) is 22.3 Å². The fourth-order valence-corrected chi connectivity index (χ4v) is 5.23. The average molecular weight is 659 g/mol. The maximum Gasteiger partial charge on any atom is 0.0602 e. The van der Waals surface area contributed by atoms with Crippen LogP contribution in [0, 0.1) is 0 Å². The normalized spacial score (nSPS) is 25.5. The Balaban J connectivity index is 0.000000365. The van der Waals surface area contributed by atoms with E-state index in [0.717, 1.165) is 44.4 Å². The molecule has 2 aliphatic rings. The van der Waals surface area contributed by atoms with E-state index in [0.29, 0.717) is 31.0 Å². The Labute approximate surface area is 296 Å². The Bertz CT molecular complexity index is 1720. The Morgan fingerprint density at radius 3 is 1.40 bits per heavy atom. The van der Waals surface area contributed by atoms with Crippen LogP contribution in [0.25, 0.3) is 0 Å². The van der Waals surface area contributed by atoms with Gasteiger partial charge in [-0.25, -0.2) is 0 Å². The molecule has 0 saturated carbocycles. The summed E-state index contributed by atoms with van der Waals surface area (Å²) in [6.45, 7) is -7.64. The zero-order chi connectivity index (χ0) is 37.4. The molecule has 244 valence electrons. The second-order valence-electron chi connectivity index (χ2n) is 10.3. The minimum atomic E-state index is -2.88. The SMILES string of the molecule is C.C.C.[2H]C(c1ccccc1)(c1ccc(Cl)cc1)N1CCN(C)CC1.[2H]C1([2H])N(C)C([2H])([2H])C([2H])([2H])N(C(c2ccccc2)c2ccc(Cl)cc2)C1([2H])[2H]. The third kappa shape index (κ3) is 10.7. The van der Waals surface area contributed by atoms with Crippen LogP contribution in [0.15, 0.2) is 109 Å². The lowest BCUT2D eigenvalue weighted by atomic mass is 9.96. The minimum Gasteiger partial charge on any atom is -0.304 e. The largest absolute Gasteiger partial charge is 0.304 e. The number of halogens is 2. The number of piperazine rings is 2. The third-order valence-corrected chi connectivity index (χ3v) is 7.72. The molecule has 2 heterocycles. The van der Waals surface area contributed by atoms with Crippen LogP contribution in [-0.4, -0.2) is 85.9 Å².